The first-order valence-electron chi connectivity index (χ1n) is 6.18. The molecule has 1 aromatic carbocycles. The average Bonchev–Trinajstić information content (AvgIpc) is 2.42. The molecule has 0 aliphatic heterocycles. The topological polar surface area (TPSA) is 55.4 Å². The third-order valence-corrected chi connectivity index (χ3v) is 2.66. The molecule has 1 atom stereocenters. The molecule has 1 amide bonds. The number of rotatable bonds is 6. The van der Waals surface area contributed by atoms with Gasteiger partial charge in [0.05, 0.1) is 6.04 Å². The summed E-state index contributed by atoms with van der Waals surface area (Å²) >= 11 is 0. The van der Waals surface area contributed by atoms with Crippen LogP contribution in [0, 0.1) is 5.92 Å². The first-order valence-corrected chi connectivity index (χ1v) is 6.18. The number of carbonyl (C=O) groups excluding carboxylic acids is 2. The Morgan fingerprint density at radius 1 is 1.32 bits per heavy atom. The molecule has 0 fully saturated rings. The second-order valence-electron chi connectivity index (χ2n) is 4.53. The first-order chi connectivity index (χ1) is 9.04. The van der Waals surface area contributed by atoms with E-state index in [-0.39, 0.29) is 18.3 Å². The zero-order valence-electron chi connectivity index (χ0n) is 11.3. The fraction of sp³-hybridized carbons (Fsp3) is 0.333. The first kappa shape index (κ1) is 15.0. The third kappa shape index (κ3) is 4.95. The van der Waals surface area contributed by atoms with E-state index in [9.17, 15) is 9.59 Å². The summed E-state index contributed by atoms with van der Waals surface area (Å²) in [6, 6.07) is 8.76. The maximum absolute atomic E-state index is 11.6. The molecule has 0 heterocycles. The van der Waals surface area contributed by atoms with E-state index in [1.165, 1.54) is 6.08 Å². The monoisotopic (exact) mass is 261 g/mol. The van der Waals surface area contributed by atoms with Crippen LogP contribution in [-0.4, -0.2) is 17.9 Å². The number of hydrogen-bond donors (Lipinski definition) is 1. The Labute approximate surface area is 113 Å². The molecule has 4 nitrogen and oxygen atoms in total. The van der Waals surface area contributed by atoms with Crippen molar-refractivity contribution in [1.82, 2.24) is 5.32 Å². The van der Waals surface area contributed by atoms with Gasteiger partial charge < -0.3 is 10.1 Å². The summed E-state index contributed by atoms with van der Waals surface area (Å²) in [7, 11) is 0. The lowest BCUT2D eigenvalue weighted by molar-refractivity contribution is -0.117. The molecule has 0 spiro atoms. The summed E-state index contributed by atoms with van der Waals surface area (Å²) in [5.74, 6) is -0.235. The summed E-state index contributed by atoms with van der Waals surface area (Å²) in [5.41, 5.74) is 0.897. The normalized spacial score (nSPS) is 11.7. The molecule has 0 saturated heterocycles. The van der Waals surface area contributed by atoms with Crippen LogP contribution in [0.1, 0.15) is 19.4 Å². The minimum atomic E-state index is -0.599. The van der Waals surface area contributed by atoms with Gasteiger partial charge in [0.1, 0.15) is 6.61 Å². The van der Waals surface area contributed by atoms with Crippen molar-refractivity contribution in [3.05, 3.63) is 48.6 Å². The number of ketones is 1. The molecule has 0 aromatic heterocycles. The molecule has 1 rings (SSSR count). The zero-order valence-corrected chi connectivity index (χ0v) is 11.3. The maximum atomic E-state index is 11.6. The van der Waals surface area contributed by atoms with Gasteiger partial charge in [0.25, 0.3) is 0 Å². The molecule has 0 aliphatic carbocycles. The van der Waals surface area contributed by atoms with E-state index in [0.29, 0.717) is 0 Å². The Bertz CT molecular complexity index is 440. The van der Waals surface area contributed by atoms with Crippen molar-refractivity contribution in [1.29, 1.82) is 0 Å². The smallest absolute Gasteiger partial charge is 0.408 e. The zero-order chi connectivity index (χ0) is 14.3. The van der Waals surface area contributed by atoms with Gasteiger partial charge in [-0.15, -0.1) is 0 Å². The Morgan fingerprint density at radius 3 is 2.47 bits per heavy atom. The highest BCUT2D eigenvalue weighted by Crippen LogP contribution is 2.05. The largest absolute Gasteiger partial charge is 0.445 e. The van der Waals surface area contributed by atoms with Crippen molar-refractivity contribution in [2.75, 3.05) is 0 Å². The Morgan fingerprint density at radius 2 is 1.95 bits per heavy atom. The van der Waals surface area contributed by atoms with Crippen LogP contribution in [0.25, 0.3) is 0 Å². The van der Waals surface area contributed by atoms with Crippen molar-refractivity contribution >= 4 is 11.9 Å². The molecular weight excluding hydrogens is 242 g/mol. The number of ether oxygens (including phenoxy) is 1. The van der Waals surface area contributed by atoms with E-state index < -0.39 is 12.1 Å². The number of alkyl carbamates (subject to hydrolysis) is 1. The predicted octanol–water partition coefficient (Wildman–Crippen LogP) is 2.69. The molecule has 1 aromatic rings. The third-order valence-electron chi connectivity index (χ3n) is 2.66. The Kier molecular flexibility index (Phi) is 5.79. The van der Waals surface area contributed by atoms with E-state index in [4.69, 9.17) is 4.74 Å². The average molecular weight is 261 g/mol. The van der Waals surface area contributed by atoms with Crippen molar-refractivity contribution in [2.24, 2.45) is 5.92 Å². The Balaban J connectivity index is 2.49. The number of hydrogen-bond acceptors (Lipinski definition) is 3. The minimum Gasteiger partial charge on any atom is -0.445 e. The summed E-state index contributed by atoms with van der Waals surface area (Å²) in [6.07, 6.45) is 0.611. The van der Waals surface area contributed by atoms with Gasteiger partial charge in [0.15, 0.2) is 5.78 Å². The van der Waals surface area contributed by atoms with Crippen LogP contribution in [0.2, 0.25) is 0 Å². The van der Waals surface area contributed by atoms with Crippen molar-refractivity contribution < 1.29 is 14.3 Å². The number of amides is 1. The SMILES string of the molecule is C=CC(=O)[C@@H](NC(=O)OCc1ccccc1)C(C)C. The van der Waals surface area contributed by atoms with Crippen molar-refractivity contribution in [3.8, 4) is 0 Å². The van der Waals surface area contributed by atoms with Crippen LogP contribution < -0.4 is 5.32 Å². The lowest BCUT2D eigenvalue weighted by atomic mass is 10.0. The van der Waals surface area contributed by atoms with Gasteiger partial charge in [-0.05, 0) is 17.6 Å². The molecule has 19 heavy (non-hydrogen) atoms. The number of benzene rings is 1. The molecule has 102 valence electrons. The maximum Gasteiger partial charge on any atom is 0.408 e. The van der Waals surface area contributed by atoms with Gasteiger partial charge in [-0.3, -0.25) is 4.79 Å². The molecule has 0 radical (unpaired) electrons. The lowest BCUT2D eigenvalue weighted by Crippen LogP contribution is -2.43. The van der Waals surface area contributed by atoms with E-state index >= 15 is 0 Å². The van der Waals surface area contributed by atoms with Gasteiger partial charge in [0.2, 0.25) is 0 Å². The van der Waals surface area contributed by atoms with Gasteiger partial charge in [-0.25, -0.2) is 4.79 Å². The quantitative estimate of drug-likeness (QED) is 0.801. The summed E-state index contributed by atoms with van der Waals surface area (Å²) in [4.78, 5) is 23.2. The van der Waals surface area contributed by atoms with E-state index in [0.717, 1.165) is 5.56 Å². The van der Waals surface area contributed by atoms with Crippen LogP contribution in [0.4, 0.5) is 4.79 Å². The summed E-state index contributed by atoms with van der Waals surface area (Å²) < 4.78 is 5.07. The summed E-state index contributed by atoms with van der Waals surface area (Å²) in [5, 5.41) is 2.56. The molecule has 0 bridgehead atoms. The molecule has 4 heteroatoms. The second-order valence-corrected chi connectivity index (χ2v) is 4.53. The van der Waals surface area contributed by atoms with Crippen molar-refractivity contribution in [2.45, 2.75) is 26.5 Å². The van der Waals surface area contributed by atoms with Crippen LogP contribution in [-0.2, 0) is 16.1 Å². The number of nitrogens with one attached hydrogen (secondary N) is 1. The highest BCUT2D eigenvalue weighted by atomic mass is 16.5. The van der Waals surface area contributed by atoms with Crippen LogP contribution in [0.15, 0.2) is 43.0 Å². The lowest BCUT2D eigenvalue weighted by Gasteiger charge is -2.19. The summed E-state index contributed by atoms with van der Waals surface area (Å²) in [6.45, 7) is 7.30. The van der Waals surface area contributed by atoms with Gasteiger partial charge in [-0.2, -0.15) is 0 Å². The fourth-order valence-corrected chi connectivity index (χ4v) is 1.59. The van der Waals surface area contributed by atoms with Crippen LogP contribution >= 0.6 is 0 Å². The van der Waals surface area contributed by atoms with Crippen molar-refractivity contribution in [3.63, 3.8) is 0 Å². The minimum absolute atomic E-state index is 0.0187. The molecule has 0 unspecified atom stereocenters. The molecule has 0 saturated carbocycles. The van der Waals surface area contributed by atoms with E-state index in [1.807, 2.05) is 44.2 Å². The fourth-order valence-electron chi connectivity index (χ4n) is 1.59. The predicted molar refractivity (Wildman–Crippen MR) is 73.6 cm³/mol. The van der Waals surface area contributed by atoms with Gasteiger partial charge in [0, 0.05) is 0 Å². The molecule has 1 N–H and O–H groups in total. The van der Waals surface area contributed by atoms with Gasteiger partial charge >= 0.3 is 6.09 Å². The van der Waals surface area contributed by atoms with E-state index in [1.54, 1.807) is 0 Å². The Hall–Kier alpha value is -2.10. The number of carbonyl (C=O) groups is 2. The molecule has 0 aliphatic rings. The van der Waals surface area contributed by atoms with E-state index in [2.05, 4.69) is 11.9 Å². The standard InChI is InChI=1S/C15H19NO3/c1-4-13(17)14(11(2)3)16-15(18)19-10-12-8-6-5-7-9-12/h4-9,11,14H,1,10H2,2-3H3,(H,16,18)/t14-/m0/s1. The highest BCUT2D eigenvalue weighted by Gasteiger charge is 2.22. The van der Waals surface area contributed by atoms with Crippen LogP contribution in [0.3, 0.4) is 0 Å². The van der Waals surface area contributed by atoms with Gasteiger partial charge in [-0.1, -0.05) is 50.8 Å². The highest BCUT2D eigenvalue weighted by molar-refractivity contribution is 5.95. The molecular formula is C15H19NO3. The second kappa shape index (κ2) is 7.36. The van der Waals surface area contributed by atoms with Crippen LogP contribution in [0.5, 0.6) is 0 Å².